The van der Waals surface area contributed by atoms with Crippen LogP contribution in [0.1, 0.15) is 31.1 Å². The third-order valence-electron chi connectivity index (χ3n) is 3.87. The molecule has 1 aromatic rings. The summed E-state index contributed by atoms with van der Waals surface area (Å²) >= 11 is 0. The van der Waals surface area contributed by atoms with Crippen molar-refractivity contribution in [3.63, 3.8) is 0 Å². The number of nitrogens with zero attached hydrogens (tertiary/aromatic N) is 2. The van der Waals surface area contributed by atoms with E-state index in [0.29, 0.717) is 26.2 Å². The largest absolute Gasteiger partial charge is 0.561 e. The molecule has 1 aliphatic heterocycles. The van der Waals surface area contributed by atoms with Crippen LogP contribution in [0.3, 0.4) is 0 Å². The first-order chi connectivity index (χ1) is 11.2. The van der Waals surface area contributed by atoms with Gasteiger partial charge in [0.25, 0.3) is 5.56 Å². The lowest BCUT2D eigenvalue weighted by Gasteiger charge is -2.47. The zero-order chi connectivity index (χ0) is 18.3. The second kappa shape index (κ2) is 8.60. The molecule has 2 rings (SSSR count). The van der Waals surface area contributed by atoms with Crippen LogP contribution in [0.5, 0.6) is 0 Å². The van der Waals surface area contributed by atoms with Crippen LogP contribution in [0.2, 0.25) is 0 Å². The first-order valence-electron chi connectivity index (χ1n) is 7.54. The smallest absolute Gasteiger partial charge is 0.554 e. The van der Waals surface area contributed by atoms with E-state index >= 15 is 0 Å². The molecular weight excluding hydrogens is 318 g/mol. The molecule has 1 saturated heterocycles. The molecule has 24 heavy (non-hydrogen) atoms. The molecule has 0 bridgehead atoms. The van der Waals surface area contributed by atoms with Crippen LogP contribution in [-0.4, -0.2) is 46.6 Å². The summed E-state index contributed by atoms with van der Waals surface area (Å²) in [4.78, 5) is 24.6. The predicted octanol–water partition coefficient (Wildman–Crippen LogP) is 1.33. The van der Waals surface area contributed by atoms with Gasteiger partial charge in [-0.3, -0.25) is 9.69 Å². The predicted molar refractivity (Wildman–Crippen MR) is 88.3 cm³/mol. The molecule has 0 spiro atoms. The quantitative estimate of drug-likeness (QED) is 0.599. The molecule has 1 fully saturated rings. The fraction of sp³-hybridized carbons (Fsp3) is 0.529. The Balaban J connectivity index is 0.000000648. The number of pyridine rings is 1. The Morgan fingerprint density at radius 3 is 2.38 bits per heavy atom. The molecule has 0 aromatic carbocycles. The molecule has 1 aromatic heterocycles. The Hall–Kier alpha value is -2.20. The Morgan fingerprint density at radius 2 is 1.92 bits per heavy atom. The van der Waals surface area contributed by atoms with E-state index < -0.39 is 23.4 Å². The van der Waals surface area contributed by atoms with Crippen LogP contribution in [0.15, 0.2) is 23.1 Å². The van der Waals surface area contributed by atoms with E-state index in [-0.39, 0.29) is 5.56 Å². The van der Waals surface area contributed by atoms with Crippen LogP contribution in [0.25, 0.3) is 0 Å². The molecule has 2 N–H and O–H groups in total. The number of rotatable bonds is 5. The Morgan fingerprint density at radius 1 is 1.33 bits per heavy atom. The highest BCUT2D eigenvalue weighted by Gasteiger charge is 2.45. The minimum absolute atomic E-state index is 0.173. The molecule has 2 heterocycles. The Bertz CT molecular complexity index is 677. The van der Waals surface area contributed by atoms with Crippen molar-refractivity contribution < 1.29 is 18.7 Å². The summed E-state index contributed by atoms with van der Waals surface area (Å²) in [6.45, 7) is 6.57. The molecule has 0 amide bonds. The van der Waals surface area contributed by atoms with E-state index in [1.54, 1.807) is 6.92 Å². The first kappa shape index (κ1) is 19.8. The number of carbonyl (C=O) groups is 1. The minimum Gasteiger partial charge on any atom is -0.561 e. The first-order valence-corrected chi connectivity index (χ1v) is 7.54. The van der Waals surface area contributed by atoms with Gasteiger partial charge in [-0.1, -0.05) is 6.92 Å². The fourth-order valence-electron chi connectivity index (χ4n) is 2.41. The highest BCUT2D eigenvalue weighted by atomic mass is 19.3. The maximum absolute atomic E-state index is 12.7. The van der Waals surface area contributed by atoms with Crippen LogP contribution >= 0.6 is 0 Å². The van der Waals surface area contributed by atoms with Gasteiger partial charge in [0.2, 0.25) is 6.43 Å². The van der Waals surface area contributed by atoms with E-state index in [0.717, 1.165) is 0 Å². The molecule has 1 aliphatic rings. The summed E-state index contributed by atoms with van der Waals surface area (Å²) in [5.74, 6) is 4.35. The fourth-order valence-corrected chi connectivity index (χ4v) is 2.41. The zero-order valence-electron chi connectivity index (χ0n) is 14.1. The molecule has 0 radical (unpaired) electrons. The molecule has 0 aliphatic carbocycles. The summed E-state index contributed by atoms with van der Waals surface area (Å²) in [6.07, 6.45) is -0.813. The van der Waals surface area contributed by atoms with E-state index in [4.69, 9.17) is 5.11 Å². The number of alkyl halides is 2. The average Bonchev–Trinajstić information content (AvgIpc) is 2.51. The summed E-state index contributed by atoms with van der Waals surface area (Å²) in [5.41, 5.74) is -1.64. The Labute approximate surface area is 139 Å². The Kier molecular flexibility index (Phi) is 7.11. The van der Waals surface area contributed by atoms with Gasteiger partial charge in [-0.15, -0.1) is 11.8 Å². The van der Waals surface area contributed by atoms with Crippen molar-refractivity contribution in [1.82, 2.24) is 9.47 Å². The normalized spacial score (nSPS) is 15.6. The number of hydrogen-bond donors (Lipinski definition) is 0. The molecule has 7 heteroatoms. The van der Waals surface area contributed by atoms with Crippen molar-refractivity contribution in [2.24, 2.45) is 5.41 Å². The van der Waals surface area contributed by atoms with E-state index in [1.807, 2.05) is 18.7 Å². The maximum Gasteiger partial charge on any atom is 0.554 e. The van der Waals surface area contributed by atoms with Crippen LogP contribution < -0.4 is 5.56 Å². The van der Waals surface area contributed by atoms with Crippen LogP contribution in [-0.2, 0) is 6.54 Å². The minimum atomic E-state index is -2.34. The molecule has 0 atom stereocenters. The lowest BCUT2D eigenvalue weighted by molar-refractivity contribution is -0.0999. The lowest BCUT2D eigenvalue weighted by atomic mass is 9.82. The summed E-state index contributed by atoms with van der Waals surface area (Å²) < 4.78 is 26.7. The lowest BCUT2D eigenvalue weighted by Crippen LogP contribution is -2.58. The molecule has 0 unspecified atom stereocenters. The van der Waals surface area contributed by atoms with Crippen molar-refractivity contribution in [3.8, 4) is 11.8 Å². The molecule has 0 saturated carbocycles. The second-order valence-electron chi connectivity index (χ2n) is 5.91. The van der Waals surface area contributed by atoms with Crippen molar-refractivity contribution in [2.75, 3.05) is 19.6 Å². The molecule has 5 nitrogen and oxygen atoms in total. The van der Waals surface area contributed by atoms with Crippen LogP contribution in [0, 0.1) is 17.3 Å². The molecular formula is C17H23F2N2O3+. The third kappa shape index (κ3) is 4.90. The average molecular weight is 341 g/mol. The van der Waals surface area contributed by atoms with Gasteiger partial charge in [0.05, 0.1) is 5.41 Å². The summed E-state index contributed by atoms with van der Waals surface area (Å²) in [6, 6.07) is 2.84. The van der Waals surface area contributed by atoms with Gasteiger partial charge >= 0.3 is 5.97 Å². The van der Waals surface area contributed by atoms with Gasteiger partial charge in [0.1, 0.15) is 0 Å². The van der Waals surface area contributed by atoms with Gasteiger partial charge in [-0.2, -0.15) is 0 Å². The number of carbonyl (C=O) groups excluding carboxylic acids is 1. The monoisotopic (exact) mass is 341 g/mol. The summed E-state index contributed by atoms with van der Waals surface area (Å²) in [5, 5.41) is 6.97. The van der Waals surface area contributed by atoms with Gasteiger partial charge in [-0.25, -0.2) is 8.78 Å². The molecule has 132 valence electrons. The number of hydrogen-bond acceptors (Lipinski definition) is 3. The standard InChI is InChI=1S/C13H16F2N2O3.C4H6/c1-13(12(14)15)7-16(8-13)5-6-17-4-2-3-9(10(17)18)11(19)20;1-3-4-2/h2-4,12H,5-8H2,1H3,(H,19,20);1-2H3/p+1. The van der Waals surface area contributed by atoms with Crippen molar-refractivity contribution in [1.29, 1.82) is 0 Å². The third-order valence-corrected chi connectivity index (χ3v) is 3.87. The zero-order valence-corrected chi connectivity index (χ0v) is 14.1. The topological polar surface area (TPSA) is 65.2 Å². The van der Waals surface area contributed by atoms with Crippen molar-refractivity contribution in [2.45, 2.75) is 33.7 Å². The summed E-state index contributed by atoms with van der Waals surface area (Å²) in [7, 11) is 0. The number of aromatic nitrogens is 1. The highest BCUT2D eigenvalue weighted by Crippen LogP contribution is 2.35. The highest BCUT2D eigenvalue weighted by molar-refractivity contribution is 5.86. The van der Waals surface area contributed by atoms with E-state index in [1.165, 1.54) is 22.9 Å². The SMILES string of the molecule is CC#CC.CC1(C(F)F)CN(CCn2cccc(C(=O)[OH2+])c2=O)C1. The van der Waals surface area contributed by atoms with Crippen LogP contribution in [0.4, 0.5) is 8.78 Å². The van der Waals surface area contributed by atoms with Crippen molar-refractivity contribution in [3.05, 3.63) is 34.2 Å². The second-order valence-corrected chi connectivity index (χ2v) is 5.91. The number of likely N-dealkylation sites (tertiary alicyclic amines) is 1. The van der Waals surface area contributed by atoms with Crippen molar-refractivity contribution >= 4 is 5.97 Å². The number of halogens is 2. The van der Waals surface area contributed by atoms with Gasteiger partial charge in [0.15, 0.2) is 5.56 Å². The van der Waals surface area contributed by atoms with Gasteiger partial charge < -0.3 is 9.67 Å². The van der Waals surface area contributed by atoms with Gasteiger partial charge in [0, 0.05) is 37.2 Å². The van der Waals surface area contributed by atoms with E-state index in [2.05, 4.69) is 11.8 Å². The van der Waals surface area contributed by atoms with Gasteiger partial charge in [-0.05, 0) is 26.0 Å². The maximum atomic E-state index is 12.7. The van der Waals surface area contributed by atoms with E-state index in [9.17, 15) is 18.4 Å².